The van der Waals surface area contributed by atoms with Crippen LogP contribution < -0.4 is 4.74 Å². The molecule has 19 heavy (non-hydrogen) atoms. The summed E-state index contributed by atoms with van der Waals surface area (Å²) in [6.45, 7) is 12.9. The van der Waals surface area contributed by atoms with Gasteiger partial charge in [0.2, 0.25) is 0 Å². The van der Waals surface area contributed by atoms with Crippen molar-refractivity contribution in [2.24, 2.45) is 5.92 Å². The third kappa shape index (κ3) is 7.05. The van der Waals surface area contributed by atoms with E-state index in [0.29, 0.717) is 6.10 Å². The molecule has 0 unspecified atom stereocenters. The Morgan fingerprint density at radius 1 is 1.00 bits per heavy atom. The van der Waals surface area contributed by atoms with Crippen LogP contribution in [0, 0.1) is 19.5 Å². The summed E-state index contributed by atoms with van der Waals surface area (Å²) in [4.78, 5) is 0. The Morgan fingerprint density at radius 3 is 1.95 bits per heavy atom. The molecular weight excluding hydrogens is 236 g/mol. The van der Waals surface area contributed by atoms with Crippen LogP contribution >= 0.6 is 0 Å². The molecule has 1 aliphatic carbocycles. The monoisotopic (exact) mass is 262 g/mol. The summed E-state index contributed by atoms with van der Waals surface area (Å²) in [7, 11) is 0. The van der Waals surface area contributed by atoms with Gasteiger partial charge in [-0.3, -0.25) is 0 Å². The third-order valence-corrected chi connectivity index (χ3v) is 3.29. The normalized spacial score (nSPS) is 21.2. The Hall–Kier alpha value is -1.24. The summed E-state index contributed by atoms with van der Waals surface area (Å²) < 4.78 is 13.5. The van der Waals surface area contributed by atoms with Crippen molar-refractivity contribution in [3.05, 3.63) is 36.5 Å². The number of hydrogen-bond acceptors (Lipinski definition) is 1. The van der Waals surface area contributed by atoms with Gasteiger partial charge in [0.25, 0.3) is 0 Å². The quantitative estimate of drug-likeness (QED) is 0.548. The van der Waals surface area contributed by atoms with Gasteiger partial charge in [-0.2, -0.15) is 0 Å². The molecule has 0 aliphatic heterocycles. The van der Waals surface area contributed by atoms with E-state index in [1.54, 1.807) is 0 Å². The van der Waals surface area contributed by atoms with E-state index < -0.39 is 0 Å². The molecule has 0 aromatic heterocycles. The Bertz CT molecular complexity index is 332. The van der Waals surface area contributed by atoms with Gasteiger partial charge in [0.1, 0.15) is 5.75 Å². The van der Waals surface area contributed by atoms with Crippen LogP contribution in [0.1, 0.15) is 52.0 Å². The molecule has 0 N–H and O–H groups in total. The average Bonchev–Trinajstić information content (AvgIpc) is 2.48. The molecule has 0 heterocycles. The van der Waals surface area contributed by atoms with Crippen molar-refractivity contribution in [1.29, 1.82) is 0 Å². The van der Waals surface area contributed by atoms with Crippen LogP contribution in [0.3, 0.4) is 0 Å². The summed E-state index contributed by atoms with van der Waals surface area (Å²) in [5.74, 6) is 1.92. The summed E-state index contributed by atoms with van der Waals surface area (Å²) in [5, 5.41) is 0. The van der Waals surface area contributed by atoms with Crippen LogP contribution in [0.5, 0.6) is 5.75 Å². The molecule has 0 atom stereocenters. The zero-order chi connectivity index (χ0) is 14.7. The van der Waals surface area contributed by atoms with Crippen molar-refractivity contribution < 1.29 is 9.39 Å². The van der Waals surface area contributed by atoms with Crippen molar-refractivity contribution in [3.63, 3.8) is 0 Å². The first-order valence-electron chi connectivity index (χ1n) is 7.18. The molecule has 0 spiro atoms. The van der Waals surface area contributed by atoms with E-state index >= 15 is 0 Å². The van der Waals surface area contributed by atoms with Gasteiger partial charge in [-0.1, -0.05) is 38.5 Å². The fourth-order valence-electron chi connectivity index (χ4n) is 2.16. The Labute approximate surface area is 117 Å². The Kier molecular flexibility index (Phi) is 9.97. The van der Waals surface area contributed by atoms with Gasteiger partial charge >= 0.3 is 11.3 Å². The van der Waals surface area contributed by atoms with Crippen molar-refractivity contribution >= 4 is 0 Å². The molecule has 0 saturated heterocycles. The van der Waals surface area contributed by atoms with Gasteiger partial charge in [0.05, 0.1) is 6.10 Å². The Balaban J connectivity index is 0.000000741. The maximum atomic E-state index is 7.50. The second-order valence-electron chi connectivity index (χ2n) is 4.81. The van der Waals surface area contributed by atoms with Crippen molar-refractivity contribution in [3.8, 4) is 5.75 Å². The molecule has 0 radical (unpaired) electrons. The molecule has 2 heteroatoms. The van der Waals surface area contributed by atoms with E-state index in [1.165, 1.54) is 31.2 Å². The van der Waals surface area contributed by atoms with Crippen LogP contribution in [0.25, 0.3) is 0 Å². The fraction of sp³-hybridized carbons (Fsp3) is 0.588. The van der Waals surface area contributed by atoms with Crippen LogP contribution in [0.4, 0.5) is 0 Å². The molecule has 0 bridgehead atoms. The molecule has 0 amide bonds. The average molecular weight is 262 g/mol. The second-order valence-corrected chi connectivity index (χ2v) is 4.81. The van der Waals surface area contributed by atoms with E-state index in [0.717, 1.165) is 11.7 Å². The third-order valence-electron chi connectivity index (χ3n) is 3.29. The molecule has 1 fully saturated rings. The van der Waals surface area contributed by atoms with Crippen LogP contribution in [0.15, 0.2) is 24.3 Å². The molecule has 2 rings (SSSR count). The molecule has 1 aromatic carbocycles. The summed E-state index contributed by atoms with van der Waals surface area (Å²) >= 11 is 0. The van der Waals surface area contributed by atoms with Gasteiger partial charge in [-0.25, -0.2) is 0 Å². The number of rotatable bonds is 2. The van der Waals surface area contributed by atoms with Gasteiger partial charge < -0.3 is 4.74 Å². The number of ether oxygens (including phenoxy) is 1. The molecule has 2 nitrogen and oxygen atoms in total. The van der Waals surface area contributed by atoms with E-state index in [9.17, 15) is 0 Å². The fourth-order valence-corrected chi connectivity index (χ4v) is 2.16. The topological polar surface area (TPSA) is 29.1 Å². The minimum atomic E-state index is 0.448. The second kappa shape index (κ2) is 10.7. The van der Waals surface area contributed by atoms with Gasteiger partial charge in [0, 0.05) is 0 Å². The number of benzene rings is 1. The Morgan fingerprint density at radius 2 is 1.47 bits per heavy atom. The van der Waals surface area contributed by atoms with E-state index in [4.69, 9.17) is 9.39 Å². The molecule has 1 aromatic rings. The molecule has 1 saturated carbocycles. The van der Waals surface area contributed by atoms with Crippen LogP contribution in [0.2, 0.25) is 0 Å². The predicted molar refractivity (Wildman–Crippen MR) is 78.5 cm³/mol. The van der Waals surface area contributed by atoms with E-state index in [1.807, 2.05) is 13.8 Å². The van der Waals surface area contributed by atoms with Crippen molar-refractivity contribution in [1.82, 2.24) is 0 Å². The van der Waals surface area contributed by atoms with E-state index in [2.05, 4.69) is 44.8 Å². The van der Waals surface area contributed by atoms with Gasteiger partial charge in [-0.15, -0.1) is 0 Å². The zero-order valence-electron chi connectivity index (χ0n) is 12.6. The standard InChI is InChI=1S/C14H20O.C2H6.CO/c1-11-3-7-13(8-4-11)15-14-9-5-12(2)6-10-14;2*1-2/h3-4,7-8,12,14H,5-6,9-10H2,1-2H3;1-2H3;. The van der Waals surface area contributed by atoms with Gasteiger partial charge in [-0.05, 0) is 50.7 Å². The minimum absolute atomic E-state index is 0.448. The first-order chi connectivity index (χ1) is 9.24. The van der Waals surface area contributed by atoms with Crippen LogP contribution in [-0.2, 0) is 4.65 Å². The first-order valence-corrected chi connectivity index (χ1v) is 7.18. The molecule has 1 aliphatic rings. The van der Waals surface area contributed by atoms with Crippen molar-refractivity contribution in [2.45, 2.75) is 59.5 Å². The summed E-state index contributed by atoms with van der Waals surface area (Å²) in [6, 6.07) is 8.38. The first kappa shape index (κ1) is 17.8. The number of aryl methyl sites for hydroxylation is 1. The SMILES string of the molecule is CC.Cc1ccc(OC2CCC(C)CC2)cc1.[C-]#[O+]. The molecular formula is C17H26O2. The number of hydrogen-bond donors (Lipinski definition) is 0. The van der Waals surface area contributed by atoms with Crippen LogP contribution in [-0.4, -0.2) is 6.10 Å². The summed E-state index contributed by atoms with van der Waals surface area (Å²) in [6.07, 6.45) is 5.51. The van der Waals surface area contributed by atoms with Gasteiger partial charge in [0.15, 0.2) is 0 Å². The van der Waals surface area contributed by atoms with Crippen molar-refractivity contribution in [2.75, 3.05) is 0 Å². The predicted octanol–water partition coefficient (Wildman–Crippen LogP) is 4.94. The van der Waals surface area contributed by atoms with E-state index in [-0.39, 0.29) is 0 Å². The maximum absolute atomic E-state index is 7.50. The molecule has 106 valence electrons. The zero-order valence-corrected chi connectivity index (χ0v) is 12.6. The summed E-state index contributed by atoms with van der Waals surface area (Å²) in [5.41, 5.74) is 1.29.